The topological polar surface area (TPSA) is 56.2 Å². The number of rotatable bonds is 1. The minimum atomic E-state index is 0.486. The van der Waals surface area contributed by atoms with Gasteiger partial charge in [-0.05, 0) is 17.7 Å². The molecule has 0 spiro atoms. The number of nitrogen functional groups attached to an aromatic ring is 1. The zero-order valence-electron chi connectivity index (χ0n) is 8.84. The van der Waals surface area contributed by atoms with Gasteiger partial charge in [-0.25, -0.2) is 9.50 Å². The van der Waals surface area contributed by atoms with E-state index in [9.17, 15) is 0 Å². The quantitative estimate of drug-likeness (QED) is 0.716. The van der Waals surface area contributed by atoms with Crippen LogP contribution in [0.4, 0.5) is 5.82 Å². The largest absolute Gasteiger partial charge is 0.383 e. The van der Waals surface area contributed by atoms with Gasteiger partial charge in [0, 0.05) is 22.8 Å². The number of halogens is 1. The number of nitrogens with two attached hydrogens (primary N) is 1. The molecule has 0 aliphatic carbocycles. The van der Waals surface area contributed by atoms with Crippen LogP contribution in [-0.2, 0) is 0 Å². The Morgan fingerprint density at radius 3 is 2.65 bits per heavy atom. The minimum Gasteiger partial charge on any atom is -0.383 e. The van der Waals surface area contributed by atoms with Crippen LogP contribution in [0.2, 0.25) is 5.02 Å². The predicted octanol–water partition coefficient (Wildman–Crippen LogP) is 2.63. The highest BCUT2D eigenvalue weighted by Gasteiger charge is 2.06. The van der Waals surface area contributed by atoms with Crippen molar-refractivity contribution in [3.8, 4) is 11.1 Å². The lowest BCUT2D eigenvalue weighted by atomic mass is 10.1. The van der Waals surface area contributed by atoms with Gasteiger partial charge in [-0.2, -0.15) is 5.10 Å². The molecule has 0 aliphatic rings. The molecule has 3 aromatic rings. The molecule has 1 aromatic carbocycles. The Labute approximate surface area is 103 Å². The summed E-state index contributed by atoms with van der Waals surface area (Å²) in [6.07, 6.45) is 3.55. The maximum absolute atomic E-state index is 5.93. The normalized spacial score (nSPS) is 10.9. The second-order valence-corrected chi connectivity index (χ2v) is 4.12. The Kier molecular flexibility index (Phi) is 2.23. The molecule has 2 N–H and O–H groups in total. The fourth-order valence-corrected chi connectivity index (χ4v) is 1.85. The number of benzene rings is 1. The van der Waals surface area contributed by atoms with E-state index >= 15 is 0 Å². The van der Waals surface area contributed by atoms with Gasteiger partial charge in [0.15, 0.2) is 5.65 Å². The SMILES string of the molecule is Nc1nc2ccnn2cc1-c1ccc(Cl)cc1. The summed E-state index contributed by atoms with van der Waals surface area (Å²) in [7, 11) is 0. The Balaban J connectivity index is 2.21. The Morgan fingerprint density at radius 1 is 1.12 bits per heavy atom. The summed E-state index contributed by atoms with van der Waals surface area (Å²) in [4.78, 5) is 4.28. The number of nitrogens with zero attached hydrogens (tertiary/aromatic N) is 3. The first-order chi connectivity index (χ1) is 8.24. The van der Waals surface area contributed by atoms with Crippen molar-refractivity contribution in [1.29, 1.82) is 0 Å². The van der Waals surface area contributed by atoms with Gasteiger partial charge < -0.3 is 5.73 Å². The van der Waals surface area contributed by atoms with Crippen molar-refractivity contribution in [2.24, 2.45) is 0 Å². The lowest BCUT2D eigenvalue weighted by Gasteiger charge is -2.05. The van der Waals surface area contributed by atoms with E-state index in [4.69, 9.17) is 17.3 Å². The van der Waals surface area contributed by atoms with Crippen molar-refractivity contribution in [1.82, 2.24) is 14.6 Å². The van der Waals surface area contributed by atoms with Crippen LogP contribution >= 0.6 is 11.6 Å². The zero-order chi connectivity index (χ0) is 11.8. The van der Waals surface area contributed by atoms with Crippen molar-refractivity contribution < 1.29 is 0 Å². The number of anilines is 1. The number of aromatic nitrogens is 3. The molecule has 5 heteroatoms. The fourth-order valence-electron chi connectivity index (χ4n) is 1.72. The molecular weight excluding hydrogens is 236 g/mol. The standard InChI is InChI=1S/C12H9ClN4/c13-9-3-1-8(2-4-9)10-7-17-11(5-6-15-17)16-12(10)14/h1-7H,(H2,14,16). The second-order valence-electron chi connectivity index (χ2n) is 3.68. The molecule has 0 saturated heterocycles. The molecule has 17 heavy (non-hydrogen) atoms. The summed E-state index contributed by atoms with van der Waals surface area (Å²) in [5.74, 6) is 0.486. The highest BCUT2D eigenvalue weighted by atomic mass is 35.5. The van der Waals surface area contributed by atoms with Crippen molar-refractivity contribution in [2.45, 2.75) is 0 Å². The molecule has 0 atom stereocenters. The molecule has 3 rings (SSSR count). The average Bonchev–Trinajstić information content (AvgIpc) is 2.76. The molecular formula is C12H9ClN4. The van der Waals surface area contributed by atoms with E-state index in [-0.39, 0.29) is 0 Å². The summed E-state index contributed by atoms with van der Waals surface area (Å²) >= 11 is 5.85. The number of hydrogen-bond acceptors (Lipinski definition) is 3. The minimum absolute atomic E-state index is 0.486. The highest BCUT2D eigenvalue weighted by molar-refractivity contribution is 6.30. The van der Waals surface area contributed by atoms with E-state index in [1.807, 2.05) is 36.5 Å². The summed E-state index contributed by atoms with van der Waals surface area (Å²) in [5.41, 5.74) is 8.48. The van der Waals surface area contributed by atoms with Gasteiger partial charge in [0.1, 0.15) is 5.82 Å². The summed E-state index contributed by atoms with van der Waals surface area (Å²) < 4.78 is 1.69. The van der Waals surface area contributed by atoms with Crippen molar-refractivity contribution in [2.75, 3.05) is 5.73 Å². The van der Waals surface area contributed by atoms with E-state index < -0.39 is 0 Å². The first kappa shape index (κ1) is 10.1. The van der Waals surface area contributed by atoms with Crippen LogP contribution in [0.3, 0.4) is 0 Å². The van der Waals surface area contributed by atoms with Crippen molar-refractivity contribution >= 4 is 23.1 Å². The van der Waals surface area contributed by atoms with E-state index in [0.29, 0.717) is 10.8 Å². The monoisotopic (exact) mass is 244 g/mol. The number of hydrogen-bond donors (Lipinski definition) is 1. The maximum Gasteiger partial charge on any atom is 0.157 e. The third kappa shape index (κ3) is 1.72. The Hall–Kier alpha value is -2.07. The molecule has 2 heterocycles. The molecule has 0 saturated carbocycles. The van der Waals surface area contributed by atoms with E-state index in [2.05, 4.69) is 10.1 Å². The molecule has 0 aliphatic heterocycles. The van der Waals surface area contributed by atoms with Gasteiger partial charge in [0.05, 0.1) is 6.20 Å². The lowest BCUT2D eigenvalue weighted by Crippen LogP contribution is -1.99. The smallest absolute Gasteiger partial charge is 0.157 e. The zero-order valence-corrected chi connectivity index (χ0v) is 9.59. The molecule has 2 aromatic heterocycles. The van der Waals surface area contributed by atoms with Gasteiger partial charge in [0.2, 0.25) is 0 Å². The molecule has 4 nitrogen and oxygen atoms in total. The highest BCUT2D eigenvalue weighted by Crippen LogP contribution is 2.25. The van der Waals surface area contributed by atoms with Crippen LogP contribution in [0.5, 0.6) is 0 Å². The molecule has 0 fully saturated rings. The van der Waals surface area contributed by atoms with E-state index in [0.717, 1.165) is 16.8 Å². The maximum atomic E-state index is 5.93. The summed E-state index contributed by atoms with van der Waals surface area (Å²) in [5, 5.41) is 4.83. The molecule has 0 radical (unpaired) electrons. The van der Waals surface area contributed by atoms with Crippen LogP contribution in [0.1, 0.15) is 0 Å². The Bertz CT molecular complexity index is 673. The molecule has 0 unspecified atom stereocenters. The van der Waals surface area contributed by atoms with Gasteiger partial charge in [-0.1, -0.05) is 23.7 Å². The summed E-state index contributed by atoms with van der Waals surface area (Å²) in [6.45, 7) is 0. The second kappa shape index (κ2) is 3.75. The lowest BCUT2D eigenvalue weighted by molar-refractivity contribution is 0.943. The van der Waals surface area contributed by atoms with E-state index in [1.54, 1.807) is 10.7 Å². The van der Waals surface area contributed by atoms with Crippen molar-refractivity contribution in [3.63, 3.8) is 0 Å². The first-order valence-electron chi connectivity index (χ1n) is 5.10. The van der Waals surface area contributed by atoms with Gasteiger partial charge in [0.25, 0.3) is 0 Å². The van der Waals surface area contributed by atoms with Crippen LogP contribution in [-0.4, -0.2) is 14.6 Å². The average molecular weight is 245 g/mol. The molecule has 84 valence electrons. The van der Waals surface area contributed by atoms with Crippen LogP contribution in [0.25, 0.3) is 16.8 Å². The third-order valence-electron chi connectivity index (χ3n) is 2.57. The third-order valence-corrected chi connectivity index (χ3v) is 2.82. The van der Waals surface area contributed by atoms with Crippen LogP contribution in [0, 0.1) is 0 Å². The van der Waals surface area contributed by atoms with Gasteiger partial charge in [-0.3, -0.25) is 0 Å². The van der Waals surface area contributed by atoms with Crippen LogP contribution < -0.4 is 5.73 Å². The molecule has 0 bridgehead atoms. The molecule has 0 amide bonds. The predicted molar refractivity (Wildman–Crippen MR) is 67.8 cm³/mol. The van der Waals surface area contributed by atoms with Gasteiger partial charge in [-0.15, -0.1) is 0 Å². The van der Waals surface area contributed by atoms with Crippen LogP contribution in [0.15, 0.2) is 42.7 Å². The Morgan fingerprint density at radius 2 is 1.88 bits per heavy atom. The first-order valence-corrected chi connectivity index (χ1v) is 5.47. The van der Waals surface area contributed by atoms with Crippen molar-refractivity contribution in [3.05, 3.63) is 47.7 Å². The summed E-state index contributed by atoms with van der Waals surface area (Å²) in [6, 6.07) is 9.27. The van der Waals surface area contributed by atoms with E-state index in [1.165, 1.54) is 0 Å². The fraction of sp³-hybridized carbons (Fsp3) is 0. The number of fused-ring (bicyclic) bond motifs is 1. The van der Waals surface area contributed by atoms with Gasteiger partial charge >= 0.3 is 0 Å².